The van der Waals surface area contributed by atoms with E-state index < -0.39 is 0 Å². The summed E-state index contributed by atoms with van der Waals surface area (Å²) in [6.45, 7) is 4.71. The van der Waals surface area contributed by atoms with E-state index in [9.17, 15) is 4.79 Å². The Balaban J connectivity index is 1.02. The van der Waals surface area contributed by atoms with Crippen LogP contribution in [0.3, 0.4) is 0 Å². The fourth-order valence-electron chi connectivity index (χ4n) is 5.44. The van der Waals surface area contributed by atoms with Gasteiger partial charge in [0.2, 0.25) is 5.52 Å². The topological polar surface area (TPSA) is 144 Å². The molecule has 43 heavy (non-hydrogen) atoms. The molecule has 0 aliphatic heterocycles. The van der Waals surface area contributed by atoms with Crippen molar-refractivity contribution >= 4 is 34.5 Å². The molecule has 1 amide bonds. The Morgan fingerprint density at radius 3 is 2.74 bits per heavy atom. The lowest BCUT2D eigenvalue weighted by molar-refractivity contribution is -0.347. The first-order chi connectivity index (χ1) is 21.0. The molecule has 222 valence electrons. The minimum atomic E-state index is -0.210. The lowest BCUT2D eigenvalue weighted by Crippen LogP contribution is -2.26. The smallest absolute Gasteiger partial charge is 0.307 e. The molecule has 3 aromatic heterocycles. The highest BCUT2D eigenvalue weighted by atomic mass is 16.5. The highest BCUT2D eigenvalue weighted by Crippen LogP contribution is 2.28. The molecule has 0 spiro atoms. The predicted molar refractivity (Wildman–Crippen MR) is 165 cm³/mol. The van der Waals surface area contributed by atoms with Crippen molar-refractivity contribution in [2.45, 2.75) is 58.4 Å². The molecule has 1 aliphatic carbocycles. The number of aromatic nitrogens is 5. The number of fused-ring (bicyclic) bond motifs is 1. The van der Waals surface area contributed by atoms with Gasteiger partial charge in [-0.05, 0) is 56.9 Å². The Labute approximate surface area is 249 Å². The Hall–Kier alpha value is -4.93. The molecule has 3 heterocycles. The second-order valence-corrected chi connectivity index (χ2v) is 10.9. The number of hydrogen-bond donors (Lipinski definition) is 4. The van der Waals surface area contributed by atoms with Gasteiger partial charge in [0.25, 0.3) is 5.91 Å². The molecule has 2 aromatic carbocycles. The number of ether oxygens (including phenoxy) is 1. The summed E-state index contributed by atoms with van der Waals surface area (Å²) < 4.78 is 11.4. The summed E-state index contributed by atoms with van der Waals surface area (Å²) in [4.78, 5) is 28.7. The summed E-state index contributed by atoms with van der Waals surface area (Å²) in [5, 5.41) is 14.0. The average molecular weight is 582 g/mol. The maximum absolute atomic E-state index is 12.9. The van der Waals surface area contributed by atoms with Crippen LogP contribution in [0.2, 0.25) is 0 Å². The Morgan fingerprint density at radius 2 is 1.93 bits per heavy atom. The number of H-pyrrole nitrogens is 2. The Bertz CT molecular complexity index is 1690. The minimum Gasteiger partial charge on any atom is -0.494 e. The number of hydrogen-bond acceptors (Lipinski definition) is 8. The molecule has 0 unspecified atom stereocenters. The van der Waals surface area contributed by atoms with Crippen molar-refractivity contribution in [3.05, 3.63) is 71.7 Å². The Morgan fingerprint density at radius 1 is 1.09 bits per heavy atom. The summed E-state index contributed by atoms with van der Waals surface area (Å²) in [7, 11) is 0. The maximum atomic E-state index is 12.9. The van der Waals surface area contributed by atoms with Crippen molar-refractivity contribution in [3.63, 3.8) is 0 Å². The number of rotatable bonds is 11. The fourth-order valence-corrected chi connectivity index (χ4v) is 5.44. The lowest BCUT2D eigenvalue weighted by Gasteiger charge is -2.23. The predicted octanol–water partition coefficient (Wildman–Crippen LogP) is 5.73. The third-order valence-corrected chi connectivity index (χ3v) is 7.73. The molecule has 0 atom stereocenters. The molecule has 5 aromatic rings. The van der Waals surface area contributed by atoms with Crippen LogP contribution in [-0.2, 0) is 0 Å². The zero-order valence-electron chi connectivity index (χ0n) is 24.5. The summed E-state index contributed by atoms with van der Waals surface area (Å²) in [6, 6.07) is 15.8. The largest absolute Gasteiger partial charge is 0.494 e. The second-order valence-electron chi connectivity index (χ2n) is 10.9. The van der Waals surface area contributed by atoms with E-state index in [0.717, 1.165) is 52.4 Å². The normalized spacial score (nSPS) is 13.6. The zero-order chi connectivity index (χ0) is 29.6. The number of nitrogens with zero attached hydrogens (tertiary/aromatic N) is 3. The van der Waals surface area contributed by atoms with E-state index in [2.05, 4.69) is 36.1 Å². The van der Waals surface area contributed by atoms with Crippen molar-refractivity contribution in [2.24, 2.45) is 0 Å². The number of benzene rings is 2. The van der Waals surface area contributed by atoms with Crippen molar-refractivity contribution in [3.8, 4) is 17.1 Å². The van der Waals surface area contributed by atoms with Crippen LogP contribution in [0.1, 0.15) is 60.1 Å². The number of carbonyl (C=O) groups is 1. The van der Waals surface area contributed by atoms with Gasteiger partial charge in [-0.3, -0.25) is 9.78 Å². The van der Waals surface area contributed by atoms with Gasteiger partial charge in [-0.25, -0.2) is 4.98 Å². The van der Waals surface area contributed by atoms with Gasteiger partial charge in [-0.2, -0.15) is 4.98 Å². The van der Waals surface area contributed by atoms with Crippen LogP contribution in [0.5, 0.6) is 5.75 Å². The SMILES string of the molecule is Cc1cc(OCCCNC(=O)c2c(C)noc2-c2ccccc2)ccc1Nc1nc(NC2CCCCC2)c2[nH]c[nH+]c2n1. The van der Waals surface area contributed by atoms with Gasteiger partial charge in [0.05, 0.1) is 12.3 Å². The molecule has 1 saturated carbocycles. The van der Waals surface area contributed by atoms with E-state index in [1.807, 2.05) is 55.5 Å². The molecule has 1 aliphatic rings. The summed E-state index contributed by atoms with van der Waals surface area (Å²) in [5.74, 6) is 2.35. The molecular weight excluding hydrogens is 544 g/mol. The molecule has 6 rings (SSSR count). The van der Waals surface area contributed by atoms with Crippen molar-refractivity contribution in [1.29, 1.82) is 0 Å². The van der Waals surface area contributed by atoms with Crippen LogP contribution < -0.4 is 25.7 Å². The molecule has 11 heteroatoms. The number of aryl methyl sites for hydroxylation is 2. The number of imidazole rings is 1. The molecule has 1 fully saturated rings. The zero-order valence-corrected chi connectivity index (χ0v) is 24.5. The molecule has 0 radical (unpaired) electrons. The molecule has 11 nitrogen and oxygen atoms in total. The van der Waals surface area contributed by atoms with E-state index in [1.54, 1.807) is 13.3 Å². The first-order valence-corrected chi connectivity index (χ1v) is 14.9. The number of aromatic amines is 2. The number of carbonyl (C=O) groups excluding carboxylic acids is 1. The summed E-state index contributed by atoms with van der Waals surface area (Å²) in [5.41, 5.74) is 5.36. The van der Waals surface area contributed by atoms with Gasteiger partial charge in [-0.1, -0.05) is 59.7 Å². The number of nitrogens with one attached hydrogen (secondary N) is 5. The fraction of sp³-hybridized carbons (Fsp3) is 0.344. The molecule has 5 N–H and O–H groups in total. The van der Waals surface area contributed by atoms with E-state index in [4.69, 9.17) is 14.2 Å². The van der Waals surface area contributed by atoms with Crippen LogP contribution in [0.25, 0.3) is 22.5 Å². The van der Waals surface area contributed by atoms with Gasteiger partial charge in [0.1, 0.15) is 11.3 Å². The third kappa shape index (κ3) is 6.61. The maximum Gasteiger partial charge on any atom is 0.307 e. The van der Waals surface area contributed by atoms with E-state index >= 15 is 0 Å². The van der Waals surface area contributed by atoms with Crippen LogP contribution in [0.15, 0.2) is 59.4 Å². The quantitative estimate of drug-likeness (QED) is 0.145. The average Bonchev–Trinajstić information content (AvgIpc) is 3.66. The van der Waals surface area contributed by atoms with Gasteiger partial charge in [0.15, 0.2) is 17.9 Å². The molecule has 0 saturated heterocycles. The number of amides is 1. The number of anilines is 3. The molecular formula is C32H37N8O3+. The van der Waals surface area contributed by atoms with Crippen LogP contribution in [0, 0.1) is 13.8 Å². The first-order valence-electron chi connectivity index (χ1n) is 14.9. The Kier molecular flexibility index (Phi) is 8.48. The van der Waals surface area contributed by atoms with E-state index in [1.165, 1.54) is 19.3 Å². The highest BCUT2D eigenvalue weighted by Gasteiger charge is 2.22. The highest BCUT2D eigenvalue weighted by molar-refractivity contribution is 6.00. The minimum absolute atomic E-state index is 0.210. The van der Waals surface area contributed by atoms with Crippen molar-refractivity contribution in [2.75, 3.05) is 23.8 Å². The summed E-state index contributed by atoms with van der Waals surface area (Å²) in [6.07, 6.45) is 8.52. The van der Waals surface area contributed by atoms with Crippen LogP contribution in [0.4, 0.5) is 17.5 Å². The van der Waals surface area contributed by atoms with Crippen LogP contribution in [-0.4, -0.2) is 45.2 Å². The monoisotopic (exact) mass is 581 g/mol. The third-order valence-electron chi connectivity index (χ3n) is 7.73. The van der Waals surface area contributed by atoms with E-state index in [0.29, 0.717) is 48.6 Å². The van der Waals surface area contributed by atoms with Gasteiger partial charge in [0, 0.05) is 23.8 Å². The van der Waals surface area contributed by atoms with Gasteiger partial charge in [-0.15, -0.1) is 0 Å². The first kappa shape index (κ1) is 28.2. The van der Waals surface area contributed by atoms with Crippen molar-refractivity contribution < 1.29 is 19.0 Å². The van der Waals surface area contributed by atoms with Gasteiger partial charge >= 0.3 is 11.6 Å². The van der Waals surface area contributed by atoms with E-state index in [-0.39, 0.29) is 5.91 Å². The van der Waals surface area contributed by atoms with Crippen LogP contribution >= 0.6 is 0 Å². The lowest BCUT2D eigenvalue weighted by atomic mass is 9.95. The summed E-state index contributed by atoms with van der Waals surface area (Å²) >= 11 is 0. The van der Waals surface area contributed by atoms with Gasteiger partial charge < -0.3 is 25.2 Å². The standard InChI is InChI=1S/C32H36N8O3/c1-20-18-24(42-17-9-16-33-31(41)26-21(2)40-43-28(26)22-10-5-3-6-11-22)14-15-25(20)37-32-38-29-27(34-19-35-29)30(39-32)36-23-12-7-4-8-13-23/h3,5-6,10-11,14-15,18-19,23H,4,7-9,12-13,16-17H2,1-2H3,(H,33,41)(H3,34,35,36,37,38,39)/p+1. The molecule has 0 bridgehead atoms. The van der Waals surface area contributed by atoms with Crippen molar-refractivity contribution in [1.82, 2.24) is 25.4 Å². The second kappa shape index (κ2) is 12.9.